The maximum atomic E-state index is 12.7. The normalized spacial score (nSPS) is 24.9. The summed E-state index contributed by atoms with van der Waals surface area (Å²) < 4.78 is 0. The van der Waals surface area contributed by atoms with E-state index in [0.717, 1.165) is 44.8 Å². The zero-order valence-electron chi connectivity index (χ0n) is 16.4. The SMILES string of the molecule is CN1CCCN(C[C@@H]2CN(C(=O)CCc3ccc(O)cc3)C[C@@H]2CO)CC1. The Morgan fingerprint density at radius 1 is 1.07 bits per heavy atom. The highest BCUT2D eigenvalue weighted by atomic mass is 16.3. The Kier molecular flexibility index (Phi) is 7.10. The molecule has 0 radical (unpaired) electrons. The van der Waals surface area contributed by atoms with Gasteiger partial charge in [0.1, 0.15) is 5.75 Å². The molecule has 2 heterocycles. The molecular formula is C21H33N3O3. The van der Waals surface area contributed by atoms with Gasteiger partial charge in [-0.05, 0) is 56.6 Å². The number of aromatic hydroxyl groups is 1. The lowest BCUT2D eigenvalue weighted by atomic mass is 9.96. The molecule has 2 fully saturated rings. The van der Waals surface area contributed by atoms with E-state index in [-0.39, 0.29) is 24.2 Å². The van der Waals surface area contributed by atoms with E-state index in [1.807, 2.05) is 17.0 Å². The van der Waals surface area contributed by atoms with Gasteiger partial charge in [-0.1, -0.05) is 12.1 Å². The van der Waals surface area contributed by atoms with E-state index in [1.165, 1.54) is 6.42 Å². The molecule has 6 nitrogen and oxygen atoms in total. The average Bonchev–Trinajstić information content (AvgIpc) is 2.96. The van der Waals surface area contributed by atoms with Crippen LogP contribution in [0.2, 0.25) is 0 Å². The van der Waals surface area contributed by atoms with Crippen molar-refractivity contribution in [2.75, 3.05) is 59.5 Å². The third kappa shape index (κ3) is 5.67. The van der Waals surface area contributed by atoms with Gasteiger partial charge in [0, 0.05) is 51.7 Å². The maximum Gasteiger partial charge on any atom is 0.222 e. The summed E-state index contributed by atoms with van der Waals surface area (Å²) in [5.74, 6) is 0.956. The van der Waals surface area contributed by atoms with E-state index in [2.05, 4.69) is 16.8 Å². The van der Waals surface area contributed by atoms with Gasteiger partial charge in [-0.2, -0.15) is 0 Å². The number of amides is 1. The molecule has 2 saturated heterocycles. The van der Waals surface area contributed by atoms with Gasteiger partial charge in [-0.25, -0.2) is 0 Å². The highest BCUT2D eigenvalue weighted by Gasteiger charge is 2.35. The summed E-state index contributed by atoms with van der Waals surface area (Å²) in [6, 6.07) is 7.04. The predicted octanol–water partition coefficient (Wildman–Crippen LogP) is 1.03. The average molecular weight is 376 g/mol. The zero-order chi connectivity index (χ0) is 19.2. The molecule has 2 aliphatic rings. The van der Waals surface area contributed by atoms with Crippen molar-refractivity contribution < 1.29 is 15.0 Å². The summed E-state index contributed by atoms with van der Waals surface area (Å²) in [5.41, 5.74) is 1.06. The van der Waals surface area contributed by atoms with Crippen LogP contribution in [0, 0.1) is 11.8 Å². The quantitative estimate of drug-likeness (QED) is 0.777. The third-order valence-electron chi connectivity index (χ3n) is 6.03. The molecule has 0 spiro atoms. The molecule has 150 valence electrons. The van der Waals surface area contributed by atoms with Gasteiger partial charge in [0.2, 0.25) is 5.91 Å². The van der Waals surface area contributed by atoms with Gasteiger partial charge in [0.05, 0.1) is 0 Å². The number of rotatable bonds is 6. The van der Waals surface area contributed by atoms with Crippen LogP contribution in [0.5, 0.6) is 5.75 Å². The molecule has 0 saturated carbocycles. The Hall–Kier alpha value is -1.63. The Labute approximate surface area is 162 Å². The van der Waals surface area contributed by atoms with Crippen LogP contribution in [0.15, 0.2) is 24.3 Å². The summed E-state index contributed by atoms with van der Waals surface area (Å²) in [6.07, 6.45) is 2.34. The summed E-state index contributed by atoms with van der Waals surface area (Å²) in [7, 11) is 2.17. The van der Waals surface area contributed by atoms with Crippen LogP contribution in [-0.4, -0.2) is 90.3 Å². The maximum absolute atomic E-state index is 12.7. The van der Waals surface area contributed by atoms with Crippen molar-refractivity contribution >= 4 is 5.91 Å². The summed E-state index contributed by atoms with van der Waals surface area (Å²) >= 11 is 0. The van der Waals surface area contributed by atoms with Crippen LogP contribution in [0.3, 0.4) is 0 Å². The second kappa shape index (κ2) is 9.53. The van der Waals surface area contributed by atoms with E-state index in [4.69, 9.17) is 0 Å². The van der Waals surface area contributed by atoms with E-state index in [0.29, 0.717) is 25.3 Å². The number of aliphatic hydroxyl groups is 1. The predicted molar refractivity (Wildman–Crippen MR) is 106 cm³/mol. The first-order chi connectivity index (χ1) is 13.0. The van der Waals surface area contributed by atoms with Crippen molar-refractivity contribution in [3.05, 3.63) is 29.8 Å². The van der Waals surface area contributed by atoms with Gasteiger partial charge in [-0.15, -0.1) is 0 Å². The molecule has 2 N–H and O–H groups in total. The number of aliphatic hydroxyl groups excluding tert-OH is 1. The van der Waals surface area contributed by atoms with Gasteiger partial charge < -0.3 is 24.9 Å². The highest BCUT2D eigenvalue weighted by molar-refractivity contribution is 5.76. The van der Waals surface area contributed by atoms with Crippen molar-refractivity contribution in [2.24, 2.45) is 11.8 Å². The zero-order valence-corrected chi connectivity index (χ0v) is 16.4. The van der Waals surface area contributed by atoms with Crippen LogP contribution in [0.1, 0.15) is 18.4 Å². The summed E-state index contributed by atoms with van der Waals surface area (Å²) in [4.78, 5) is 19.5. The smallest absolute Gasteiger partial charge is 0.222 e. The van der Waals surface area contributed by atoms with Crippen LogP contribution in [0.4, 0.5) is 0 Å². The molecule has 0 bridgehead atoms. The lowest BCUT2D eigenvalue weighted by molar-refractivity contribution is -0.130. The van der Waals surface area contributed by atoms with Gasteiger partial charge in [-0.3, -0.25) is 4.79 Å². The topological polar surface area (TPSA) is 67.2 Å². The molecule has 0 aliphatic carbocycles. The van der Waals surface area contributed by atoms with Crippen molar-refractivity contribution in [3.8, 4) is 5.75 Å². The fourth-order valence-corrected chi connectivity index (χ4v) is 4.24. The molecule has 1 aromatic rings. The second-order valence-corrected chi connectivity index (χ2v) is 8.13. The van der Waals surface area contributed by atoms with E-state index in [1.54, 1.807) is 12.1 Å². The Morgan fingerprint density at radius 2 is 1.81 bits per heavy atom. The van der Waals surface area contributed by atoms with Gasteiger partial charge in [0.25, 0.3) is 0 Å². The molecular weight excluding hydrogens is 342 g/mol. The van der Waals surface area contributed by atoms with E-state index < -0.39 is 0 Å². The van der Waals surface area contributed by atoms with E-state index in [9.17, 15) is 15.0 Å². The van der Waals surface area contributed by atoms with Crippen LogP contribution >= 0.6 is 0 Å². The Morgan fingerprint density at radius 3 is 2.56 bits per heavy atom. The monoisotopic (exact) mass is 375 g/mol. The molecule has 3 rings (SSSR count). The van der Waals surface area contributed by atoms with E-state index >= 15 is 0 Å². The molecule has 1 aromatic carbocycles. The molecule has 1 amide bonds. The number of aryl methyl sites for hydroxylation is 1. The third-order valence-corrected chi connectivity index (χ3v) is 6.03. The van der Waals surface area contributed by atoms with Crippen molar-refractivity contribution in [1.82, 2.24) is 14.7 Å². The molecule has 2 atom stereocenters. The number of carbonyl (C=O) groups is 1. The fraction of sp³-hybridized carbons (Fsp3) is 0.667. The first-order valence-corrected chi connectivity index (χ1v) is 10.1. The number of benzene rings is 1. The molecule has 0 unspecified atom stereocenters. The first-order valence-electron chi connectivity index (χ1n) is 10.1. The number of carbonyl (C=O) groups excluding carboxylic acids is 1. The van der Waals surface area contributed by atoms with Crippen LogP contribution < -0.4 is 0 Å². The second-order valence-electron chi connectivity index (χ2n) is 8.13. The summed E-state index contributed by atoms with van der Waals surface area (Å²) in [5, 5.41) is 19.2. The van der Waals surface area contributed by atoms with Crippen molar-refractivity contribution in [3.63, 3.8) is 0 Å². The highest BCUT2D eigenvalue weighted by Crippen LogP contribution is 2.25. The minimum atomic E-state index is 0.153. The van der Waals surface area contributed by atoms with Crippen LogP contribution in [0.25, 0.3) is 0 Å². The lowest BCUT2D eigenvalue weighted by Crippen LogP contribution is -2.36. The standard InChI is InChI=1S/C21H33N3O3/c1-22-9-2-10-23(12-11-22)13-18-14-24(15-19(18)16-25)21(27)8-5-17-3-6-20(26)7-4-17/h3-4,6-7,18-19,25-26H,2,5,8-16H2,1H3/t18-,19-/m1/s1. The number of likely N-dealkylation sites (N-methyl/N-ethyl adjacent to an activating group) is 1. The summed E-state index contributed by atoms with van der Waals surface area (Å²) in [6.45, 7) is 6.96. The first kappa shape index (κ1) is 20.1. The fourth-order valence-electron chi connectivity index (χ4n) is 4.24. The Bertz CT molecular complexity index is 607. The number of phenolic OH excluding ortho intramolecular Hbond substituents is 1. The number of likely N-dealkylation sites (tertiary alicyclic amines) is 1. The molecule has 2 aliphatic heterocycles. The lowest BCUT2D eigenvalue weighted by Gasteiger charge is -2.26. The molecule has 6 heteroatoms. The van der Waals surface area contributed by atoms with Gasteiger partial charge >= 0.3 is 0 Å². The van der Waals surface area contributed by atoms with Crippen molar-refractivity contribution in [2.45, 2.75) is 19.3 Å². The van der Waals surface area contributed by atoms with Gasteiger partial charge in [0.15, 0.2) is 0 Å². The van der Waals surface area contributed by atoms with Crippen molar-refractivity contribution in [1.29, 1.82) is 0 Å². The number of phenols is 1. The molecule has 0 aromatic heterocycles. The minimum Gasteiger partial charge on any atom is -0.508 e. The molecule has 27 heavy (non-hydrogen) atoms. The largest absolute Gasteiger partial charge is 0.508 e. The van der Waals surface area contributed by atoms with Crippen LogP contribution in [-0.2, 0) is 11.2 Å². The number of hydrogen-bond donors (Lipinski definition) is 2. The minimum absolute atomic E-state index is 0.153. The number of hydrogen-bond acceptors (Lipinski definition) is 5. The number of nitrogens with zero attached hydrogens (tertiary/aromatic N) is 3. The Balaban J connectivity index is 1.50.